The lowest BCUT2D eigenvalue weighted by Gasteiger charge is -2.30. The number of nitrogens with zero attached hydrogens (tertiary/aromatic N) is 3. The Hall–Kier alpha value is -1.65. The second-order valence-electron chi connectivity index (χ2n) is 6.75. The normalized spacial score (nSPS) is 20.9. The highest BCUT2D eigenvalue weighted by Gasteiger charge is 2.20. The summed E-state index contributed by atoms with van der Waals surface area (Å²) in [4.78, 5) is 23.2. The fraction of sp³-hybridized carbons (Fsp3) is 0.706. The van der Waals surface area contributed by atoms with E-state index in [1.54, 1.807) is 12.4 Å². The van der Waals surface area contributed by atoms with Crippen LogP contribution >= 0.6 is 0 Å². The van der Waals surface area contributed by atoms with Gasteiger partial charge in [-0.3, -0.25) is 4.79 Å². The topological polar surface area (TPSA) is 58.1 Å². The molecule has 2 heterocycles. The fourth-order valence-corrected chi connectivity index (χ4v) is 3.33. The molecular formula is C17H26N4O. The molecular weight excluding hydrogens is 276 g/mol. The first-order chi connectivity index (χ1) is 10.7. The molecule has 2 fully saturated rings. The van der Waals surface area contributed by atoms with E-state index >= 15 is 0 Å². The van der Waals surface area contributed by atoms with Gasteiger partial charge in [0, 0.05) is 31.5 Å². The van der Waals surface area contributed by atoms with Crippen molar-refractivity contribution in [2.24, 2.45) is 5.92 Å². The summed E-state index contributed by atoms with van der Waals surface area (Å²) in [6, 6.07) is 0.324. The second kappa shape index (κ2) is 7.07. The summed E-state index contributed by atoms with van der Waals surface area (Å²) in [5.41, 5.74) is 0.569. The molecule has 120 valence electrons. The van der Waals surface area contributed by atoms with Crippen LogP contribution in [0.15, 0.2) is 12.4 Å². The Morgan fingerprint density at radius 1 is 1.09 bits per heavy atom. The lowest BCUT2D eigenvalue weighted by atomic mass is 9.95. The van der Waals surface area contributed by atoms with Crippen LogP contribution in [0.5, 0.6) is 0 Å². The summed E-state index contributed by atoms with van der Waals surface area (Å²) in [7, 11) is 0. The Morgan fingerprint density at radius 3 is 2.36 bits per heavy atom. The van der Waals surface area contributed by atoms with Crippen LogP contribution in [0.1, 0.15) is 62.2 Å². The van der Waals surface area contributed by atoms with Gasteiger partial charge in [-0.1, -0.05) is 26.2 Å². The smallest absolute Gasteiger partial charge is 0.254 e. The standard InChI is InChI=1S/C17H26N4O/c1-13-7-9-21(10-8-13)17-18-11-14(12-19-17)16(22)20-15-5-3-2-4-6-15/h11-13,15H,2-10H2,1H3,(H,20,22). The number of carbonyl (C=O) groups excluding carboxylic acids is 1. The molecule has 3 rings (SSSR count). The van der Waals surface area contributed by atoms with Gasteiger partial charge in [-0.2, -0.15) is 0 Å². The summed E-state index contributed by atoms with van der Waals surface area (Å²) in [5.74, 6) is 1.50. The number of hydrogen-bond acceptors (Lipinski definition) is 4. The van der Waals surface area contributed by atoms with Crippen LogP contribution in [0.25, 0.3) is 0 Å². The number of amides is 1. The van der Waals surface area contributed by atoms with Gasteiger partial charge in [-0.15, -0.1) is 0 Å². The van der Waals surface area contributed by atoms with Crippen molar-refractivity contribution in [3.8, 4) is 0 Å². The van der Waals surface area contributed by atoms with Crippen LogP contribution in [0.4, 0.5) is 5.95 Å². The van der Waals surface area contributed by atoms with E-state index in [2.05, 4.69) is 27.1 Å². The van der Waals surface area contributed by atoms with Gasteiger partial charge in [0.05, 0.1) is 5.56 Å². The van der Waals surface area contributed by atoms with E-state index in [9.17, 15) is 4.79 Å². The van der Waals surface area contributed by atoms with Gasteiger partial charge in [-0.05, 0) is 31.6 Å². The molecule has 1 N–H and O–H groups in total. The van der Waals surface area contributed by atoms with Crippen LogP contribution in [-0.2, 0) is 0 Å². The molecule has 0 radical (unpaired) electrons. The maximum absolute atomic E-state index is 12.2. The van der Waals surface area contributed by atoms with Gasteiger partial charge in [0.2, 0.25) is 5.95 Å². The Labute approximate surface area is 132 Å². The minimum atomic E-state index is -0.0364. The average Bonchev–Trinajstić information content (AvgIpc) is 2.57. The van der Waals surface area contributed by atoms with E-state index < -0.39 is 0 Å². The van der Waals surface area contributed by atoms with Crippen molar-refractivity contribution in [3.63, 3.8) is 0 Å². The lowest BCUT2D eigenvalue weighted by molar-refractivity contribution is 0.0927. The Bertz CT molecular complexity index is 488. The minimum Gasteiger partial charge on any atom is -0.349 e. The molecule has 0 bridgehead atoms. The predicted molar refractivity (Wildman–Crippen MR) is 87.0 cm³/mol. The monoisotopic (exact) mass is 302 g/mol. The summed E-state index contributed by atoms with van der Waals surface area (Å²) < 4.78 is 0. The first-order valence-corrected chi connectivity index (χ1v) is 8.60. The number of hydrogen-bond donors (Lipinski definition) is 1. The average molecular weight is 302 g/mol. The second-order valence-corrected chi connectivity index (χ2v) is 6.75. The van der Waals surface area contributed by atoms with Crippen molar-refractivity contribution >= 4 is 11.9 Å². The van der Waals surface area contributed by atoms with Gasteiger partial charge in [-0.25, -0.2) is 9.97 Å². The van der Waals surface area contributed by atoms with E-state index in [0.717, 1.165) is 37.8 Å². The molecule has 1 saturated heterocycles. The molecule has 1 saturated carbocycles. The van der Waals surface area contributed by atoms with Gasteiger partial charge >= 0.3 is 0 Å². The number of aromatic nitrogens is 2. The molecule has 0 atom stereocenters. The predicted octanol–water partition coefficient (Wildman–Crippen LogP) is 2.78. The summed E-state index contributed by atoms with van der Waals surface area (Å²) in [6.07, 6.45) is 11.6. The van der Waals surface area contributed by atoms with Crippen LogP contribution in [0, 0.1) is 5.92 Å². The van der Waals surface area contributed by atoms with E-state index in [1.807, 2.05) is 0 Å². The first-order valence-electron chi connectivity index (χ1n) is 8.60. The van der Waals surface area contributed by atoms with Crippen LogP contribution in [-0.4, -0.2) is 35.0 Å². The van der Waals surface area contributed by atoms with Crippen molar-refractivity contribution in [1.29, 1.82) is 0 Å². The van der Waals surface area contributed by atoms with E-state index in [4.69, 9.17) is 0 Å². The van der Waals surface area contributed by atoms with E-state index in [-0.39, 0.29) is 5.91 Å². The number of rotatable bonds is 3. The highest BCUT2D eigenvalue weighted by Crippen LogP contribution is 2.20. The molecule has 5 heteroatoms. The highest BCUT2D eigenvalue weighted by atomic mass is 16.1. The van der Waals surface area contributed by atoms with Gasteiger partial charge in [0.15, 0.2) is 0 Å². The Morgan fingerprint density at radius 2 is 1.73 bits per heavy atom. The molecule has 0 spiro atoms. The molecule has 2 aliphatic rings. The minimum absolute atomic E-state index is 0.0364. The fourth-order valence-electron chi connectivity index (χ4n) is 3.33. The molecule has 1 aromatic heterocycles. The van der Waals surface area contributed by atoms with E-state index in [1.165, 1.54) is 32.1 Å². The number of nitrogens with one attached hydrogen (secondary N) is 1. The largest absolute Gasteiger partial charge is 0.349 e. The number of piperidine rings is 1. The van der Waals surface area contributed by atoms with Crippen LogP contribution in [0.2, 0.25) is 0 Å². The zero-order valence-corrected chi connectivity index (χ0v) is 13.4. The van der Waals surface area contributed by atoms with Gasteiger partial charge in [0.1, 0.15) is 0 Å². The zero-order valence-electron chi connectivity index (χ0n) is 13.4. The third-order valence-corrected chi connectivity index (χ3v) is 4.91. The van der Waals surface area contributed by atoms with Crippen LogP contribution in [0.3, 0.4) is 0 Å². The first kappa shape index (κ1) is 15.3. The maximum atomic E-state index is 12.2. The molecule has 1 aliphatic heterocycles. The summed E-state index contributed by atoms with van der Waals surface area (Å²) in [5, 5.41) is 3.11. The maximum Gasteiger partial charge on any atom is 0.254 e. The van der Waals surface area contributed by atoms with Gasteiger partial charge < -0.3 is 10.2 Å². The van der Waals surface area contributed by atoms with Crippen molar-refractivity contribution in [2.75, 3.05) is 18.0 Å². The van der Waals surface area contributed by atoms with Crippen molar-refractivity contribution < 1.29 is 4.79 Å². The molecule has 22 heavy (non-hydrogen) atoms. The van der Waals surface area contributed by atoms with E-state index in [0.29, 0.717) is 11.6 Å². The molecule has 0 aromatic carbocycles. The summed E-state index contributed by atoms with van der Waals surface area (Å²) >= 11 is 0. The highest BCUT2D eigenvalue weighted by molar-refractivity contribution is 5.93. The zero-order chi connectivity index (χ0) is 15.4. The number of carbonyl (C=O) groups is 1. The van der Waals surface area contributed by atoms with Crippen molar-refractivity contribution in [2.45, 2.75) is 57.9 Å². The summed E-state index contributed by atoms with van der Waals surface area (Å²) in [6.45, 7) is 4.31. The molecule has 1 amide bonds. The lowest BCUT2D eigenvalue weighted by Crippen LogP contribution is -2.36. The molecule has 1 aromatic rings. The quantitative estimate of drug-likeness (QED) is 0.933. The SMILES string of the molecule is CC1CCN(c2ncc(C(=O)NC3CCCCC3)cn2)CC1. The van der Waals surface area contributed by atoms with Crippen molar-refractivity contribution in [1.82, 2.24) is 15.3 Å². The Kier molecular flexibility index (Phi) is 4.90. The third-order valence-electron chi connectivity index (χ3n) is 4.91. The third kappa shape index (κ3) is 3.76. The van der Waals surface area contributed by atoms with Crippen molar-refractivity contribution in [3.05, 3.63) is 18.0 Å². The molecule has 0 unspecified atom stereocenters. The Balaban J connectivity index is 1.57. The molecule has 5 nitrogen and oxygen atoms in total. The van der Waals surface area contributed by atoms with Crippen LogP contribution < -0.4 is 10.2 Å². The van der Waals surface area contributed by atoms with Gasteiger partial charge in [0.25, 0.3) is 5.91 Å². The number of anilines is 1. The molecule has 1 aliphatic carbocycles.